The minimum Gasteiger partial charge on any atom is -0.506 e. The first-order chi connectivity index (χ1) is 21.7. The number of nitrogens with zero attached hydrogens (tertiary/aromatic N) is 3. The van der Waals surface area contributed by atoms with Gasteiger partial charge in [-0.05, 0) is 78.6 Å². The average molecular weight is 778 g/mol. The molecule has 2 aliphatic rings. The number of hydrogen-bond acceptors (Lipinski definition) is 5. The number of rotatable bonds is 4. The van der Waals surface area contributed by atoms with E-state index in [4.69, 9.17) is 9.73 Å². The van der Waals surface area contributed by atoms with Crippen molar-refractivity contribution in [1.29, 1.82) is 0 Å². The second kappa shape index (κ2) is 11.4. The van der Waals surface area contributed by atoms with Crippen LogP contribution in [0.2, 0.25) is 0 Å². The van der Waals surface area contributed by atoms with Crippen LogP contribution in [0.15, 0.2) is 77.8 Å². The third-order valence-corrected chi connectivity index (χ3v) is 8.58. The number of phenolic OH excluding ortho intramolecular Hbond substituents is 1. The SMILES string of the molecule is [2H]C1([2H])c2ccccc2[C@@H]2N=C(c3[c-]c(Oc4ccc5cc(C(C)(C)C)cc(O)c5n4)cc(C)c3)N(c3c(C)cc(C)cc3C)[C@H]21.[Pt]. The molecule has 2 atom stereocenters. The predicted octanol–water partition coefficient (Wildman–Crippen LogP) is 8.99. The quantitative estimate of drug-likeness (QED) is 0.185. The maximum Gasteiger partial charge on any atom is 0.217 e. The number of amidine groups is 1. The van der Waals surface area contributed by atoms with E-state index < -0.39 is 12.4 Å². The van der Waals surface area contributed by atoms with Crippen LogP contribution in [-0.4, -0.2) is 22.0 Å². The normalized spacial score (nSPS) is 18.9. The molecule has 7 rings (SSSR count). The largest absolute Gasteiger partial charge is 0.506 e. The van der Waals surface area contributed by atoms with E-state index in [-0.39, 0.29) is 38.3 Å². The van der Waals surface area contributed by atoms with Crippen molar-refractivity contribution in [2.45, 2.75) is 72.3 Å². The molecule has 0 saturated heterocycles. The van der Waals surface area contributed by atoms with Crippen molar-refractivity contribution < 1.29 is 33.7 Å². The van der Waals surface area contributed by atoms with Gasteiger partial charge in [0.15, 0.2) is 0 Å². The molecule has 4 aromatic carbocycles. The summed E-state index contributed by atoms with van der Waals surface area (Å²) in [5.74, 6) is 1.59. The molecule has 0 amide bonds. The standard InChI is InChI=1S/C39H38N3O2.Pt/c1-22-14-24(3)37(25(4)15-22)42-32-20-26-10-8-9-11-31(26)36(32)41-38(42)28-16-23(2)17-30(19-28)44-34-13-12-27-18-29(39(5,6)7)21-33(43)35(27)40-34;/h8-18,21,32,36,43H,20H2,1-7H3;/q-1;/t32-,36-;/m0./s1/i20D2;. The first kappa shape index (κ1) is 28.5. The van der Waals surface area contributed by atoms with Gasteiger partial charge < -0.3 is 19.7 Å². The number of anilines is 1. The number of hydrogen-bond donors (Lipinski definition) is 1. The van der Waals surface area contributed by atoms with E-state index in [1.807, 2.05) is 49.4 Å². The molecule has 0 radical (unpaired) electrons. The van der Waals surface area contributed by atoms with Gasteiger partial charge >= 0.3 is 0 Å². The van der Waals surface area contributed by atoms with Gasteiger partial charge in [0.05, 0.1) is 17.9 Å². The Morgan fingerprint density at radius 2 is 1.64 bits per heavy atom. The molecule has 0 spiro atoms. The minimum atomic E-state index is -1.64. The third kappa shape index (κ3) is 5.57. The number of fused-ring (bicyclic) bond motifs is 4. The van der Waals surface area contributed by atoms with Crippen LogP contribution in [0.3, 0.4) is 0 Å². The average Bonchev–Trinajstić information content (AvgIpc) is 3.46. The van der Waals surface area contributed by atoms with E-state index >= 15 is 0 Å². The topological polar surface area (TPSA) is 58.0 Å². The van der Waals surface area contributed by atoms with E-state index in [0.717, 1.165) is 50.0 Å². The van der Waals surface area contributed by atoms with Gasteiger partial charge in [0.2, 0.25) is 5.88 Å². The van der Waals surface area contributed by atoms with Gasteiger partial charge in [-0.2, -0.15) is 0 Å². The Hall–Kier alpha value is -3.95. The van der Waals surface area contributed by atoms with Gasteiger partial charge in [-0.25, -0.2) is 4.98 Å². The second-order valence-electron chi connectivity index (χ2n) is 13.2. The molecule has 2 heterocycles. The van der Waals surface area contributed by atoms with Crippen molar-refractivity contribution in [2.24, 2.45) is 4.99 Å². The van der Waals surface area contributed by atoms with Gasteiger partial charge in [0, 0.05) is 46.7 Å². The van der Waals surface area contributed by atoms with E-state index in [0.29, 0.717) is 28.5 Å². The van der Waals surface area contributed by atoms with E-state index in [1.165, 1.54) is 0 Å². The zero-order valence-electron chi connectivity index (χ0n) is 28.6. The molecule has 1 N–H and O–H groups in total. The summed E-state index contributed by atoms with van der Waals surface area (Å²) in [7, 11) is 0. The van der Waals surface area contributed by atoms with E-state index in [9.17, 15) is 7.85 Å². The summed E-state index contributed by atoms with van der Waals surface area (Å²) in [6.07, 6.45) is -1.64. The fraction of sp³-hybridized carbons (Fsp3) is 0.282. The number of ether oxygens (including phenoxy) is 1. The second-order valence-corrected chi connectivity index (χ2v) is 13.2. The number of aliphatic imine (C=N–C) groups is 1. The molecule has 232 valence electrons. The Morgan fingerprint density at radius 1 is 0.933 bits per heavy atom. The van der Waals surface area contributed by atoms with Crippen molar-refractivity contribution in [1.82, 2.24) is 4.98 Å². The molecule has 0 fully saturated rings. The predicted molar refractivity (Wildman–Crippen MR) is 179 cm³/mol. The molecule has 45 heavy (non-hydrogen) atoms. The van der Waals surface area contributed by atoms with E-state index in [1.54, 1.807) is 12.1 Å². The number of aromatic nitrogens is 1. The van der Waals surface area contributed by atoms with Crippen molar-refractivity contribution in [3.05, 3.63) is 123 Å². The van der Waals surface area contributed by atoms with Crippen LogP contribution in [-0.2, 0) is 32.9 Å². The molecule has 5 nitrogen and oxygen atoms in total. The maximum absolute atomic E-state index is 10.8. The number of benzene rings is 4. The summed E-state index contributed by atoms with van der Waals surface area (Å²) in [6, 6.07) is 26.0. The fourth-order valence-electron chi connectivity index (χ4n) is 6.62. The Morgan fingerprint density at radius 3 is 2.38 bits per heavy atom. The van der Waals surface area contributed by atoms with Crippen LogP contribution >= 0.6 is 0 Å². The molecule has 5 aromatic rings. The Kier molecular flexibility index (Phi) is 7.25. The Bertz CT molecular complexity index is 2060. The molecule has 0 bridgehead atoms. The van der Waals surface area contributed by atoms with Crippen LogP contribution in [0.1, 0.15) is 74.1 Å². The van der Waals surface area contributed by atoms with Gasteiger partial charge in [-0.1, -0.05) is 81.8 Å². The Balaban J connectivity index is 0.00000386. The minimum absolute atomic E-state index is 0. The summed E-state index contributed by atoms with van der Waals surface area (Å²) in [6.45, 7) is 14.6. The number of pyridine rings is 1. The summed E-state index contributed by atoms with van der Waals surface area (Å²) >= 11 is 0. The first-order valence-corrected chi connectivity index (χ1v) is 15.1. The van der Waals surface area contributed by atoms with Gasteiger partial charge in [-0.15, -0.1) is 17.2 Å². The zero-order valence-corrected chi connectivity index (χ0v) is 28.9. The number of phenols is 1. The van der Waals surface area contributed by atoms with Crippen molar-refractivity contribution in [3.63, 3.8) is 0 Å². The van der Waals surface area contributed by atoms with Crippen molar-refractivity contribution in [3.8, 4) is 17.4 Å². The Labute approximate surface area is 283 Å². The van der Waals surface area contributed by atoms with Crippen LogP contribution in [0.25, 0.3) is 10.9 Å². The molecule has 1 aliphatic carbocycles. The van der Waals surface area contributed by atoms with Crippen LogP contribution < -0.4 is 9.64 Å². The van der Waals surface area contributed by atoms with Gasteiger partial charge in [-0.3, -0.25) is 0 Å². The van der Waals surface area contributed by atoms with Gasteiger partial charge in [0.25, 0.3) is 0 Å². The molecular formula is C39H38N3O2Pt-. The summed E-state index contributed by atoms with van der Waals surface area (Å²) in [5.41, 5.74) is 8.92. The summed E-state index contributed by atoms with van der Waals surface area (Å²) < 4.78 is 25.0. The third-order valence-electron chi connectivity index (χ3n) is 8.58. The zero-order chi connectivity index (χ0) is 32.7. The number of aryl methyl sites for hydroxylation is 4. The molecule has 1 aromatic heterocycles. The molecule has 6 heteroatoms. The first-order valence-electron chi connectivity index (χ1n) is 16.1. The van der Waals surface area contributed by atoms with Gasteiger partial charge in [0.1, 0.15) is 11.3 Å². The summed E-state index contributed by atoms with van der Waals surface area (Å²) in [4.78, 5) is 12.0. The fourth-order valence-corrected chi connectivity index (χ4v) is 6.62. The number of aromatic hydroxyl groups is 1. The smallest absolute Gasteiger partial charge is 0.217 e. The van der Waals surface area contributed by atoms with Crippen molar-refractivity contribution >= 4 is 22.4 Å². The monoisotopic (exact) mass is 777 g/mol. The molecule has 1 aliphatic heterocycles. The van der Waals surface area contributed by atoms with Crippen LogP contribution in [0.4, 0.5) is 5.69 Å². The van der Waals surface area contributed by atoms with Crippen LogP contribution in [0.5, 0.6) is 17.4 Å². The summed E-state index contributed by atoms with van der Waals surface area (Å²) in [5, 5.41) is 11.7. The molecule has 0 saturated carbocycles. The molecular weight excluding hydrogens is 738 g/mol. The van der Waals surface area contributed by atoms with Crippen molar-refractivity contribution in [2.75, 3.05) is 4.90 Å². The van der Waals surface area contributed by atoms with E-state index in [2.05, 4.69) is 75.7 Å². The maximum atomic E-state index is 10.8. The molecule has 0 unspecified atom stereocenters. The van der Waals surface area contributed by atoms with Crippen LogP contribution in [0, 0.1) is 33.8 Å².